The van der Waals surface area contributed by atoms with Gasteiger partial charge in [0.25, 0.3) is 5.91 Å². The summed E-state index contributed by atoms with van der Waals surface area (Å²) in [6.45, 7) is 1.11. The van der Waals surface area contributed by atoms with Crippen molar-refractivity contribution in [3.8, 4) is 23.0 Å². The SMILES string of the molecule is COc1ccccc1OCC(=O)Nc1ccc2c(c1)OCCCO2. The molecule has 3 rings (SSSR count). The van der Waals surface area contributed by atoms with Crippen molar-refractivity contribution >= 4 is 11.6 Å². The molecule has 0 spiro atoms. The summed E-state index contributed by atoms with van der Waals surface area (Å²) in [5.74, 6) is 2.16. The van der Waals surface area contributed by atoms with Gasteiger partial charge in [0.05, 0.1) is 20.3 Å². The Labute approximate surface area is 140 Å². The molecular formula is C18H19NO5. The Morgan fingerprint density at radius 2 is 1.83 bits per heavy atom. The third-order valence-corrected chi connectivity index (χ3v) is 3.46. The lowest BCUT2D eigenvalue weighted by molar-refractivity contribution is -0.118. The summed E-state index contributed by atoms with van der Waals surface area (Å²) < 4.78 is 21.9. The normalized spacial score (nSPS) is 12.9. The second-order valence-electron chi connectivity index (χ2n) is 5.20. The molecule has 24 heavy (non-hydrogen) atoms. The molecule has 0 fully saturated rings. The maximum Gasteiger partial charge on any atom is 0.262 e. The van der Waals surface area contributed by atoms with E-state index in [1.54, 1.807) is 37.4 Å². The van der Waals surface area contributed by atoms with Crippen LogP contribution < -0.4 is 24.3 Å². The number of ether oxygens (including phenoxy) is 4. The minimum atomic E-state index is -0.268. The lowest BCUT2D eigenvalue weighted by Crippen LogP contribution is -2.20. The van der Waals surface area contributed by atoms with Gasteiger partial charge in [0.1, 0.15) is 0 Å². The van der Waals surface area contributed by atoms with Crippen LogP contribution in [0.4, 0.5) is 5.69 Å². The van der Waals surface area contributed by atoms with Crippen molar-refractivity contribution in [3.63, 3.8) is 0 Å². The van der Waals surface area contributed by atoms with E-state index in [0.717, 1.165) is 6.42 Å². The quantitative estimate of drug-likeness (QED) is 0.914. The van der Waals surface area contributed by atoms with Gasteiger partial charge in [-0.1, -0.05) is 12.1 Å². The summed E-state index contributed by atoms with van der Waals surface area (Å²) in [6.07, 6.45) is 0.836. The number of rotatable bonds is 5. The Balaban J connectivity index is 1.60. The zero-order valence-corrected chi connectivity index (χ0v) is 13.4. The fourth-order valence-electron chi connectivity index (χ4n) is 2.32. The third kappa shape index (κ3) is 3.90. The van der Waals surface area contributed by atoms with Gasteiger partial charge in [-0.2, -0.15) is 0 Å². The summed E-state index contributed by atoms with van der Waals surface area (Å²) in [5.41, 5.74) is 0.632. The number of methoxy groups -OCH3 is 1. The summed E-state index contributed by atoms with van der Waals surface area (Å²) in [7, 11) is 1.56. The van der Waals surface area contributed by atoms with Crippen molar-refractivity contribution < 1.29 is 23.7 Å². The highest BCUT2D eigenvalue weighted by atomic mass is 16.5. The van der Waals surface area contributed by atoms with E-state index < -0.39 is 0 Å². The minimum absolute atomic E-state index is 0.116. The van der Waals surface area contributed by atoms with E-state index in [-0.39, 0.29) is 12.5 Å². The number of carbonyl (C=O) groups excluding carboxylic acids is 1. The Morgan fingerprint density at radius 3 is 2.62 bits per heavy atom. The second kappa shape index (κ2) is 7.59. The minimum Gasteiger partial charge on any atom is -0.493 e. The average molecular weight is 329 g/mol. The van der Waals surface area contributed by atoms with Crippen molar-refractivity contribution in [2.75, 3.05) is 32.2 Å². The van der Waals surface area contributed by atoms with E-state index >= 15 is 0 Å². The van der Waals surface area contributed by atoms with Crippen LogP contribution >= 0.6 is 0 Å². The molecule has 0 radical (unpaired) electrons. The molecule has 2 aromatic rings. The van der Waals surface area contributed by atoms with Crippen LogP contribution in [0.25, 0.3) is 0 Å². The van der Waals surface area contributed by atoms with E-state index in [9.17, 15) is 4.79 Å². The molecule has 0 unspecified atom stereocenters. The topological polar surface area (TPSA) is 66.0 Å². The number of amides is 1. The first-order chi connectivity index (χ1) is 11.8. The molecule has 126 valence electrons. The molecule has 6 nitrogen and oxygen atoms in total. The van der Waals surface area contributed by atoms with Gasteiger partial charge in [-0.3, -0.25) is 4.79 Å². The highest BCUT2D eigenvalue weighted by Crippen LogP contribution is 2.32. The molecule has 1 aliphatic rings. The van der Waals surface area contributed by atoms with Crippen LogP contribution in [0.2, 0.25) is 0 Å². The molecule has 0 atom stereocenters. The van der Waals surface area contributed by atoms with Gasteiger partial charge in [0.2, 0.25) is 0 Å². The van der Waals surface area contributed by atoms with Gasteiger partial charge >= 0.3 is 0 Å². The van der Waals surface area contributed by atoms with E-state index in [2.05, 4.69) is 5.32 Å². The number of anilines is 1. The number of fused-ring (bicyclic) bond motifs is 1. The van der Waals surface area contributed by atoms with Crippen molar-refractivity contribution in [1.82, 2.24) is 0 Å². The number of carbonyl (C=O) groups is 1. The van der Waals surface area contributed by atoms with Crippen LogP contribution in [-0.4, -0.2) is 32.8 Å². The molecule has 1 N–H and O–H groups in total. The predicted octanol–water partition coefficient (Wildman–Crippen LogP) is 2.87. The Hall–Kier alpha value is -2.89. The van der Waals surface area contributed by atoms with Crippen LogP contribution in [0.15, 0.2) is 42.5 Å². The molecule has 6 heteroatoms. The smallest absolute Gasteiger partial charge is 0.262 e. The monoisotopic (exact) mass is 329 g/mol. The average Bonchev–Trinajstić information content (AvgIpc) is 2.85. The Bertz CT molecular complexity index is 716. The van der Waals surface area contributed by atoms with Crippen LogP contribution in [0, 0.1) is 0 Å². The van der Waals surface area contributed by atoms with E-state index in [4.69, 9.17) is 18.9 Å². The highest BCUT2D eigenvalue weighted by molar-refractivity contribution is 5.92. The number of hydrogen-bond acceptors (Lipinski definition) is 5. The Morgan fingerprint density at radius 1 is 1.08 bits per heavy atom. The van der Waals surface area contributed by atoms with Gasteiger partial charge in [0, 0.05) is 18.2 Å². The van der Waals surface area contributed by atoms with Crippen LogP contribution in [0.3, 0.4) is 0 Å². The number of hydrogen-bond donors (Lipinski definition) is 1. The van der Waals surface area contributed by atoms with E-state index in [1.807, 2.05) is 12.1 Å². The summed E-state index contributed by atoms with van der Waals surface area (Å²) >= 11 is 0. The van der Waals surface area contributed by atoms with Crippen molar-refractivity contribution in [2.24, 2.45) is 0 Å². The fraction of sp³-hybridized carbons (Fsp3) is 0.278. The molecule has 2 aromatic carbocycles. The van der Waals surface area contributed by atoms with E-state index in [0.29, 0.717) is 41.9 Å². The van der Waals surface area contributed by atoms with Crippen molar-refractivity contribution in [3.05, 3.63) is 42.5 Å². The van der Waals surface area contributed by atoms with Gasteiger partial charge in [-0.05, 0) is 24.3 Å². The summed E-state index contributed by atoms with van der Waals surface area (Å²) in [5, 5.41) is 2.78. The van der Waals surface area contributed by atoms with Gasteiger partial charge in [-0.25, -0.2) is 0 Å². The first-order valence-electron chi connectivity index (χ1n) is 7.71. The molecule has 1 heterocycles. The van der Waals surface area contributed by atoms with Crippen LogP contribution in [0.5, 0.6) is 23.0 Å². The number of benzene rings is 2. The first-order valence-corrected chi connectivity index (χ1v) is 7.71. The summed E-state index contributed by atoms with van der Waals surface area (Å²) in [6, 6.07) is 12.5. The lowest BCUT2D eigenvalue weighted by Gasteiger charge is -2.12. The zero-order valence-electron chi connectivity index (χ0n) is 13.4. The maximum absolute atomic E-state index is 12.1. The van der Waals surface area contributed by atoms with Gasteiger partial charge in [0.15, 0.2) is 29.6 Å². The molecule has 0 aromatic heterocycles. The predicted molar refractivity (Wildman–Crippen MR) is 89.2 cm³/mol. The highest BCUT2D eigenvalue weighted by Gasteiger charge is 2.12. The molecule has 0 saturated heterocycles. The molecule has 0 aliphatic carbocycles. The summed E-state index contributed by atoms with van der Waals surface area (Å²) in [4.78, 5) is 12.1. The molecule has 0 bridgehead atoms. The fourth-order valence-corrected chi connectivity index (χ4v) is 2.32. The lowest BCUT2D eigenvalue weighted by atomic mass is 10.2. The van der Waals surface area contributed by atoms with Crippen LogP contribution in [0.1, 0.15) is 6.42 Å². The largest absolute Gasteiger partial charge is 0.493 e. The molecule has 1 amide bonds. The van der Waals surface area contributed by atoms with Crippen LogP contribution in [-0.2, 0) is 4.79 Å². The maximum atomic E-state index is 12.1. The van der Waals surface area contributed by atoms with Gasteiger partial charge in [-0.15, -0.1) is 0 Å². The van der Waals surface area contributed by atoms with Crippen molar-refractivity contribution in [2.45, 2.75) is 6.42 Å². The Kier molecular flexibility index (Phi) is 5.05. The standard InChI is InChI=1S/C18H19NO5/c1-21-14-5-2-3-6-15(14)24-12-18(20)19-13-7-8-16-17(11-13)23-10-4-9-22-16/h2-3,5-8,11H,4,9-10,12H2,1H3,(H,19,20). The second-order valence-corrected chi connectivity index (χ2v) is 5.20. The third-order valence-electron chi connectivity index (χ3n) is 3.46. The molecule has 0 saturated carbocycles. The first kappa shape index (κ1) is 16.0. The van der Waals surface area contributed by atoms with Crippen molar-refractivity contribution in [1.29, 1.82) is 0 Å². The number of para-hydroxylation sites is 2. The zero-order chi connectivity index (χ0) is 16.8. The molecular weight excluding hydrogens is 310 g/mol. The molecule has 1 aliphatic heterocycles. The van der Waals surface area contributed by atoms with Gasteiger partial charge < -0.3 is 24.3 Å². The van der Waals surface area contributed by atoms with E-state index in [1.165, 1.54) is 0 Å². The number of nitrogens with one attached hydrogen (secondary N) is 1.